The number of ether oxygens (including phenoxy) is 3. The molecule has 2 heterocycles. The zero-order valence-electron chi connectivity index (χ0n) is 20.2. The number of nitrogens with zero attached hydrogens (tertiary/aromatic N) is 2. The topological polar surface area (TPSA) is 99.4 Å². The Balaban J connectivity index is 1.92. The van der Waals surface area contributed by atoms with E-state index in [1.54, 1.807) is 32.1 Å². The number of hydrogen-bond acceptors (Lipinski definition) is 8. The molecular formula is C26H25IN2O6S. The average Bonchev–Trinajstić information content (AvgIpc) is 3.15. The van der Waals surface area contributed by atoms with Gasteiger partial charge in [-0.15, -0.1) is 0 Å². The summed E-state index contributed by atoms with van der Waals surface area (Å²) < 4.78 is 18.7. The van der Waals surface area contributed by atoms with Gasteiger partial charge < -0.3 is 19.3 Å². The van der Waals surface area contributed by atoms with Crippen LogP contribution in [0, 0.1) is 3.57 Å². The third kappa shape index (κ3) is 4.92. The molecule has 0 spiro atoms. The zero-order chi connectivity index (χ0) is 26.0. The van der Waals surface area contributed by atoms with E-state index in [1.165, 1.54) is 23.0 Å². The van der Waals surface area contributed by atoms with Crippen LogP contribution in [0.5, 0.6) is 17.2 Å². The van der Waals surface area contributed by atoms with Gasteiger partial charge in [-0.1, -0.05) is 23.5 Å². The molecule has 3 aromatic rings. The van der Waals surface area contributed by atoms with Crippen molar-refractivity contribution in [3.63, 3.8) is 0 Å². The lowest BCUT2D eigenvalue weighted by Gasteiger charge is -2.24. The van der Waals surface area contributed by atoms with Gasteiger partial charge in [-0.05, 0) is 84.8 Å². The number of carbonyl (C=O) groups is 1. The SMILES string of the molecule is CCOC(=O)C1=C(C)N=c2s/c(=C\c3cc(I)c(O)c(OC)c3)c(=O)n2[C@@H]1c1ccc(OCC)cc1. The number of allylic oxidation sites excluding steroid dienone is 1. The molecule has 0 fully saturated rings. The van der Waals surface area contributed by atoms with Crippen molar-refractivity contribution in [3.05, 3.63) is 82.1 Å². The molecule has 2 aromatic carbocycles. The fourth-order valence-corrected chi connectivity index (χ4v) is 5.68. The number of phenols is 1. The van der Waals surface area contributed by atoms with Gasteiger partial charge in [0, 0.05) is 0 Å². The van der Waals surface area contributed by atoms with Crippen molar-refractivity contribution in [1.82, 2.24) is 4.57 Å². The Bertz CT molecular complexity index is 1520. The quantitative estimate of drug-likeness (QED) is 0.321. The molecule has 0 unspecified atom stereocenters. The Morgan fingerprint density at radius 3 is 2.58 bits per heavy atom. The Hall–Kier alpha value is -3.12. The number of hydrogen-bond donors (Lipinski definition) is 1. The summed E-state index contributed by atoms with van der Waals surface area (Å²) in [5.74, 6) is 0.545. The number of carbonyl (C=O) groups excluding carboxylic acids is 1. The summed E-state index contributed by atoms with van der Waals surface area (Å²) in [7, 11) is 1.47. The standard InChI is InChI=1S/C26H25IN2O6S/c1-5-34-17-9-7-16(8-10-17)22-21(25(32)35-6-2)14(3)28-26-29(22)24(31)20(36-26)13-15-11-18(27)23(30)19(12-15)33-4/h7-13,22,30H,5-6H2,1-4H3/b20-13-/t22-/m1/s1. The summed E-state index contributed by atoms with van der Waals surface area (Å²) in [4.78, 5) is 31.8. The largest absolute Gasteiger partial charge is 0.504 e. The highest BCUT2D eigenvalue weighted by Gasteiger charge is 2.33. The number of phenolic OH excluding ortho intramolecular Hbond substituents is 1. The van der Waals surface area contributed by atoms with E-state index >= 15 is 0 Å². The van der Waals surface area contributed by atoms with Crippen LogP contribution in [0.15, 0.2) is 57.5 Å². The molecule has 1 aromatic heterocycles. The van der Waals surface area contributed by atoms with Crippen molar-refractivity contribution in [2.75, 3.05) is 20.3 Å². The van der Waals surface area contributed by atoms with Crippen LogP contribution in [0.2, 0.25) is 0 Å². The lowest BCUT2D eigenvalue weighted by Crippen LogP contribution is -2.39. The highest BCUT2D eigenvalue weighted by Crippen LogP contribution is 2.33. The van der Waals surface area contributed by atoms with Crippen molar-refractivity contribution in [2.24, 2.45) is 4.99 Å². The molecule has 0 amide bonds. The molecule has 1 aliphatic rings. The molecule has 1 aliphatic heterocycles. The predicted molar refractivity (Wildman–Crippen MR) is 145 cm³/mol. The maximum absolute atomic E-state index is 13.7. The van der Waals surface area contributed by atoms with Gasteiger partial charge in [0.2, 0.25) is 0 Å². The smallest absolute Gasteiger partial charge is 0.338 e. The van der Waals surface area contributed by atoms with Crippen molar-refractivity contribution in [1.29, 1.82) is 0 Å². The normalized spacial score (nSPS) is 15.4. The second-order valence-electron chi connectivity index (χ2n) is 7.86. The number of halogens is 1. The molecule has 36 heavy (non-hydrogen) atoms. The zero-order valence-corrected chi connectivity index (χ0v) is 23.2. The first-order valence-electron chi connectivity index (χ1n) is 11.3. The number of aromatic hydroxyl groups is 1. The molecule has 0 aliphatic carbocycles. The van der Waals surface area contributed by atoms with Crippen LogP contribution in [0.1, 0.15) is 37.9 Å². The van der Waals surface area contributed by atoms with Crippen LogP contribution in [-0.2, 0) is 9.53 Å². The van der Waals surface area contributed by atoms with E-state index in [2.05, 4.69) is 4.99 Å². The van der Waals surface area contributed by atoms with E-state index < -0.39 is 12.0 Å². The summed E-state index contributed by atoms with van der Waals surface area (Å²) in [6.07, 6.45) is 1.73. The molecule has 0 saturated carbocycles. The molecule has 10 heteroatoms. The van der Waals surface area contributed by atoms with E-state index in [0.717, 1.165) is 5.56 Å². The molecule has 0 saturated heterocycles. The summed E-state index contributed by atoms with van der Waals surface area (Å²) in [5, 5.41) is 10.2. The van der Waals surface area contributed by atoms with Crippen molar-refractivity contribution >= 4 is 46.0 Å². The third-order valence-electron chi connectivity index (χ3n) is 5.59. The molecule has 0 radical (unpaired) electrons. The van der Waals surface area contributed by atoms with Gasteiger partial charge in [0.05, 0.1) is 45.7 Å². The maximum atomic E-state index is 13.7. The molecule has 4 rings (SSSR count). The first-order valence-corrected chi connectivity index (χ1v) is 13.2. The second kappa shape index (κ2) is 10.9. The van der Waals surface area contributed by atoms with E-state index in [0.29, 0.717) is 47.8 Å². The van der Waals surface area contributed by atoms with Crippen LogP contribution in [0.4, 0.5) is 0 Å². The fraction of sp³-hybridized carbons (Fsp3) is 0.269. The molecule has 1 atom stereocenters. The average molecular weight is 620 g/mol. The minimum atomic E-state index is -0.701. The van der Waals surface area contributed by atoms with E-state index in [9.17, 15) is 14.7 Å². The van der Waals surface area contributed by atoms with Gasteiger partial charge in [0.15, 0.2) is 16.3 Å². The summed E-state index contributed by atoms with van der Waals surface area (Å²) >= 11 is 3.24. The summed E-state index contributed by atoms with van der Waals surface area (Å²) in [6.45, 7) is 6.13. The van der Waals surface area contributed by atoms with Crippen LogP contribution in [0.3, 0.4) is 0 Å². The van der Waals surface area contributed by atoms with Crippen molar-refractivity contribution in [3.8, 4) is 17.2 Å². The highest BCUT2D eigenvalue weighted by molar-refractivity contribution is 14.1. The summed E-state index contributed by atoms with van der Waals surface area (Å²) in [5.41, 5.74) is 1.97. The van der Waals surface area contributed by atoms with Crippen LogP contribution in [-0.4, -0.2) is 36.0 Å². The summed E-state index contributed by atoms with van der Waals surface area (Å²) in [6, 6.07) is 10.0. The molecule has 1 N–H and O–H groups in total. The number of esters is 1. The Labute approximate surface area is 225 Å². The Morgan fingerprint density at radius 1 is 1.22 bits per heavy atom. The molecule has 0 bridgehead atoms. The first-order chi connectivity index (χ1) is 17.3. The van der Waals surface area contributed by atoms with Gasteiger partial charge in [0.1, 0.15) is 5.75 Å². The van der Waals surface area contributed by atoms with Gasteiger partial charge in [-0.25, -0.2) is 9.79 Å². The van der Waals surface area contributed by atoms with Crippen LogP contribution in [0.25, 0.3) is 6.08 Å². The van der Waals surface area contributed by atoms with E-state index in [-0.39, 0.29) is 17.9 Å². The Morgan fingerprint density at radius 2 is 1.94 bits per heavy atom. The number of benzene rings is 2. The molecule has 8 nitrogen and oxygen atoms in total. The van der Waals surface area contributed by atoms with E-state index in [1.807, 2.05) is 53.8 Å². The minimum absolute atomic E-state index is 0.0434. The number of aromatic nitrogens is 1. The Kier molecular flexibility index (Phi) is 7.84. The van der Waals surface area contributed by atoms with Crippen LogP contribution >= 0.6 is 33.9 Å². The fourth-order valence-electron chi connectivity index (χ4n) is 4.00. The molecular weight excluding hydrogens is 595 g/mol. The lowest BCUT2D eigenvalue weighted by molar-refractivity contribution is -0.139. The molecule has 188 valence electrons. The number of methoxy groups -OCH3 is 1. The lowest BCUT2D eigenvalue weighted by atomic mass is 9.96. The van der Waals surface area contributed by atoms with E-state index in [4.69, 9.17) is 14.2 Å². The first kappa shape index (κ1) is 26.0. The van der Waals surface area contributed by atoms with Gasteiger partial charge >= 0.3 is 5.97 Å². The number of fused-ring (bicyclic) bond motifs is 1. The predicted octanol–water partition coefficient (Wildman–Crippen LogP) is 3.52. The van der Waals surface area contributed by atoms with Crippen LogP contribution < -0.4 is 24.4 Å². The van der Waals surface area contributed by atoms with Gasteiger partial charge in [-0.3, -0.25) is 9.36 Å². The maximum Gasteiger partial charge on any atom is 0.338 e. The third-order valence-corrected chi connectivity index (χ3v) is 7.40. The van der Waals surface area contributed by atoms with Crippen molar-refractivity contribution in [2.45, 2.75) is 26.8 Å². The number of thiazole rings is 1. The highest BCUT2D eigenvalue weighted by atomic mass is 127. The van der Waals surface area contributed by atoms with Gasteiger partial charge in [0.25, 0.3) is 5.56 Å². The van der Waals surface area contributed by atoms with Crippen molar-refractivity contribution < 1.29 is 24.1 Å². The number of rotatable bonds is 7. The second-order valence-corrected chi connectivity index (χ2v) is 10.0. The van der Waals surface area contributed by atoms with Gasteiger partial charge in [-0.2, -0.15) is 0 Å². The monoisotopic (exact) mass is 620 g/mol. The minimum Gasteiger partial charge on any atom is -0.504 e.